The summed E-state index contributed by atoms with van der Waals surface area (Å²) >= 11 is 0. The smallest absolute Gasteiger partial charge is 0.240 e. The topological polar surface area (TPSA) is 73.2 Å². The molecule has 0 aliphatic carbocycles. The number of sulfonamides is 1. The summed E-state index contributed by atoms with van der Waals surface area (Å²) in [6.45, 7) is 5.55. The molecule has 5 nitrogen and oxygen atoms in total. The van der Waals surface area contributed by atoms with Crippen molar-refractivity contribution in [2.75, 3.05) is 26.2 Å². The molecule has 0 aromatic heterocycles. The van der Waals surface area contributed by atoms with Gasteiger partial charge in [-0.1, -0.05) is 13.0 Å². The first-order valence-electron chi connectivity index (χ1n) is 6.77. The summed E-state index contributed by atoms with van der Waals surface area (Å²) in [7, 11) is -3.52. The van der Waals surface area contributed by atoms with Crippen LogP contribution in [0, 0.1) is 17.2 Å². The number of hydrogen-bond donors (Lipinski definition) is 1. The molecule has 0 amide bonds. The molecule has 6 heteroatoms. The molecule has 0 bridgehead atoms. The molecular weight excluding hydrogens is 274 g/mol. The third kappa shape index (κ3) is 3.57. The molecule has 1 fully saturated rings. The fraction of sp³-hybridized carbons (Fsp3) is 0.500. The molecule has 1 heterocycles. The van der Waals surface area contributed by atoms with E-state index in [1.165, 1.54) is 12.1 Å². The van der Waals surface area contributed by atoms with E-state index in [2.05, 4.69) is 16.5 Å². The minimum Gasteiger partial charge on any atom is -0.303 e. The highest BCUT2D eigenvalue weighted by Gasteiger charge is 2.23. The molecule has 1 saturated heterocycles. The Morgan fingerprint density at radius 2 is 2.30 bits per heavy atom. The molecule has 1 unspecified atom stereocenters. The summed E-state index contributed by atoms with van der Waals surface area (Å²) in [5.41, 5.74) is 0.353. The number of nitriles is 1. The highest BCUT2D eigenvalue weighted by molar-refractivity contribution is 7.89. The van der Waals surface area contributed by atoms with E-state index in [-0.39, 0.29) is 4.90 Å². The van der Waals surface area contributed by atoms with Crippen LogP contribution >= 0.6 is 0 Å². The average Bonchev–Trinajstić information content (AvgIpc) is 2.93. The van der Waals surface area contributed by atoms with Crippen molar-refractivity contribution in [3.05, 3.63) is 29.8 Å². The first-order valence-corrected chi connectivity index (χ1v) is 8.25. The van der Waals surface area contributed by atoms with E-state index in [1.54, 1.807) is 12.1 Å². The van der Waals surface area contributed by atoms with Gasteiger partial charge < -0.3 is 4.90 Å². The zero-order chi connectivity index (χ0) is 14.6. The maximum atomic E-state index is 12.2. The van der Waals surface area contributed by atoms with E-state index in [1.807, 2.05) is 6.07 Å². The summed E-state index contributed by atoms with van der Waals surface area (Å²) in [6.07, 6.45) is 1.02. The van der Waals surface area contributed by atoms with E-state index < -0.39 is 10.0 Å². The van der Waals surface area contributed by atoms with Gasteiger partial charge in [0.15, 0.2) is 0 Å². The van der Waals surface area contributed by atoms with Gasteiger partial charge in [0.2, 0.25) is 10.0 Å². The molecular formula is C14H19N3O2S. The Hall–Kier alpha value is -1.42. The van der Waals surface area contributed by atoms with Crippen molar-refractivity contribution in [2.45, 2.75) is 18.2 Å². The third-order valence-electron chi connectivity index (χ3n) is 3.65. The summed E-state index contributed by atoms with van der Waals surface area (Å²) in [4.78, 5) is 2.47. The number of nitrogens with one attached hydrogen (secondary N) is 1. The molecule has 1 N–H and O–H groups in total. The predicted octanol–water partition coefficient (Wildman–Crippen LogP) is 1.18. The first-order chi connectivity index (χ1) is 9.55. The number of likely N-dealkylation sites (tertiary alicyclic amines) is 1. The van der Waals surface area contributed by atoms with Crippen LogP contribution in [0.15, 0.2) is 29.2 Å². The number of nitrogens with zero attached hydrogens (tertiary/aromatic N) is 2. The quantitative estimate of drug-likeness (QED) is 0.884. The van der Waals surface area contributed by atoms with Crippen molar-refractivity contribution in [2.24, 2.45) is 5.92 Å². The average molecular weight is 293 g/mol. The van der Waals surface area contributed by atoms with Crippen LogP contribution in [0.4, 0.5) is 0 Å². The Kier molecular flexibility index (Phi) is 4.76. The van der Waals surface area contributed by atoms with Crippen molar-refractivity contribution in [3.8, 4) is 6.07 Å². The summed E-state index contributed by atoms with van der Waals surface area (Å²) < 4.78 is 27.0. The lowest BCUT2D eigenvalue weighted by molar-refractivity contribution is 0.342. The van der Waals surface area contributed by atoms with Gasteiger partial charge in [0.25, 0.3) is 0 Å². The van der Waals surface area contributed by atoms with Gasteiger partial charge in [-0.15, -0.1) is 0 Å². The van der Waals surface area contributed by atoms with Crippen molar-refractivity contribution >= 4 is 10.0 Å². The van der Waals surface area contributed by atoms with E-state index in [9.17, 15) is 8.42 Å². The van der Waals surface area contributed by atoms with Crippen molar-refractivity contribution in [3.63, 3.8) is 0 Å². The molecule has 1 aromatic carbocycles. The van der Waals surface area contributed by atoms with Crippen molar-refractivity contribution < 1.29 is 8.42 Å². The summed E-state index contributed by atoms with van der Waals surface area (Å²) in [6, 6.07) is 8.04. The Morgan fingerprint density at radius 1 is 1.50 bits per heavy atom. The Morgan fingerprint density at radius 3 is 2.95 bits per heavy atom. The van der Waals surface area contributed by atoms with Crippen LogP contribution in [0.2, 0.25) is 0 Å². The van der Waals surface area contributed by atoms with Gasteiger partial charge in [0.05, 0.1) is 16.5 Å². The van der Waals surface area contributed by atoms with Gasteiger partial charge in [0, 0.05) is 13.1 Å². The standard InChI is InChI=1S/C14H19N3O2S/c1-2-17-7-6-13(11-17)10-16-20(18,19)14-5-3-4-12(8-14)9-15/h3-5,8,13,16H,2,6-7,10-11H2,1H3. The molecule has 0 spiro atoms. The summed E-state index contributed by atoms with van der Waals surface area (Å²) in [5, 5.41) is 8.82. The summed E-state index contributed by atoms with van der Waals surface area (Å²) in [5.74, 6) is 0.365. The van der Waals surface area contributed by atoms with Crippen LogP contribution in [-0.2, 0) is 10.0 Å². The SMILES string of the molecule is CCN1CCC(CNS(=O)(=O)c2cccc(C#N)c2)C1. The predicted molar refractivity (Wildman–Crippen MR) is 76.6 cm³/mol. The van der Waals surface area contributed by atoms with Crippen LogP contribution in [0.3, 0.4) is 0 Å². The lowest BCUT2D eigenvalue weighted by Gasteiger charge is -2.14. The number of benzene rings is 1. The van der Waals surface area contributed by atoms with E-state index >= 15 is 0 Å². The highest BCUT2D eigenvalue weighted by atomic mass is 32.2. The largest absolute Gasteiger partial charge is 0.303 e. The first kappa shape index (κ1) is 15.0. The van der Waals surface area contributed by atoms with Gasteiger partial charge >= 0.3 is 0 Å². The van der Waals surface area contributed by atoms with Crippen molar-refractivity contribution in [1.82, 2.24) is 9.62 Å². The second kappa shape index (κ2) is 6.35. The molecule has 108 valence electrons. The van der Waals surface area contributed by atoms with Crippen LogP contribution in [0.25, 0.3) is 0 Å². The molecule has 1 aromatic rings. The monoisotopic (exact) mass is 293 g/mol. The lowest BCUT2D eigenvalue weighted by atomic mass is 10.1. The molecule has 2 rings (SSSR count). The molecule has 1 aliphatic rings. The zero-order valence-corrected chi connectivity index (χ0v) is 12.4. The van der Waals surface area contributed by atoms with Crippen LogP contribution in [0.1, 0.15) is 18.9 Å². The fourth-order valence-corrected chi connectivity index (χ4v) is 3.57. The van der Waals surface area contributed by atoms with E-state index in [0.29, 0.717) is 18.0 Å². The third-order valence-corrected chi connectivity index (χ3v) is 5.07. The van der Waals surface area contributed by atoms with Gasteiger partial charge in [-0.25, -0.2) is 13.1 Å². The van der Waals surface area contributed by atoms with Crippen LogP contribution in [0.5, 0.6) is 0 Å². The Labute approximate surface area is 120 Å². The molecule has 20 heavy (non-hydrogen) atoms. The van der Waals surface area contributed by atoms with E-state index in [4.69, 9.17) is 5.26 Å². The van der Waals surface area contributed by atoms with E-state index in [0.717, 1.165) is 26.1 Å². The second-order valence-electron chi connectivity index (χ2n) is 5.04. The molecule has 0 radical (unpaired) electrons. The fourth-order valence-electron chi connectivity index (χ4n) is 2.41. The van der Waals surface area contributed by atoms with Crippen LogP contribution < -0.4 is 4.72 Å². The molecule has 0 saturated carbocycles. The maximum absolute atomic E-state index is 12.2. The second-order valence-corrected chi connectivity index (χ2v) is 6.81. The van der Waals surface area contributed by atoms with Crippen molar-refractivity contribution in [1.29, 1.82) is 5.26 Å². The Balaban J connectivity index is 1.99. The number of hydrogen-bond acceptors (Lipinski definition) is 4. The maximum Gasteiger partial charge on any atom is 0.240 e. The zero-order valence-electron chi connectivity index (χ0n) is 11.5. The molecule has 1 atom stereocenters. The normalized spacial score (nSPS) is 19.9. The minimum absolute atomic E-state index is 0.155. The highest BCUT2D eigenvalue weighted by Crippen LogP contribution is 2.16. The van der Waals surface area contributed by atoms with Gasteiger partial charge in [-0.05, 0) is 43.6 Å². The number of rotatable bonds is 5. The lowest BCUT2D eigenvalue weighted by Crippen LogP contribution is -2.31. The Bertz CT molecular complexity index is 607. The molecule has 1 aliphatic heterocycles. The minimum atomic E-state index is -3.52. The van der Waals surface area contributed by atoms with Gasteiger partial charge in [0.1, 0.15) is 0 Å². The van der Waals surface area contributed by atoms with Crippen LogP contribution in [-0.4, -0.2) is 39.5 Å². The van der Waals surface area contributed by atoms with Gasteiger partial charge in [-0.3, -0.25) is 0 Å². The van der Waals surface area contributed by atoms with Gasteiger partial charge in [-0.2, -0.15) is 5.26 Å².